The first-order valence-electron chi connectivity index (χ1n) is 4.72. The summed E-state index contributed by atoms with van der Waals surface area (Å²) < 4.78 is 0. The van der Waals surface area contributed by atoms with E-state index in [1.165, 1.54) is 7.05 Å². The van der Waals surface area contributed by atoms with E-state index in [9.17, 15) is 0 Å². The van der Waals surface area contributed by atoms with Gasteiger partial charge in [0.15, 0.2) is 0 Å². The summed E-state index contributed by atoms with van der Waals surface area (Å²) in [6.07, 6.45) is 0. The summed E-state index contributed by atoms with van der Waals surface area (Å²) in [7, 11) is 5.60. The van der Waals surface area contributed by atoms with Gasteiger partial charge in [0, 0.05) is 13.1 Å². The van der Waals surface area contributed by atoms with Crippen LogP contribution in [0.4, 0.5) is 0 Å². The van der Waals surface area contributed by atoms with E-state index in [0.29, 0.717) is 0 Å². The van der Waals surface area contributed by atoms with Crippen LogP contribution in [0.3, 0.4) is 0 Å². The first-order valence-corrected chi connectivity index (χ1v) is 4.72. The van der Waals surface area contributed by atoms with Gasteiger partial charge in [-0.3, -0.25) is 0 Å². The molecule has 3 nitrogen and oxygen atoms in total. The lowest BCUT2D eigenvalue weighted by atomic mass is 10.5. The maximum Gasteiger partial charge on any atom is 0.0104 e. The smallest absolute Gasteiger partial charge is 0.0104 e. The van der Waals surface area contributed by atoms with Gasteiger partial charge in [0.2, 0.25) is 0 Å². The zero-order chi connectivity index (χ0) is 10.4. The van der Waals surface area contributed by atoms with Gasteiger partial charge >= 0.3 is 0 Å². The van der Waals surface area contributed by atoms with E-state index in [0.717, 1.165) is 19.6 Å². The van der Waals surface area contributed by atoms with Crippen LogP contribution in [0.1, 0.15) is 20.8 Å². The molecule has 3 N–H and O–H groups in total. The Kier molecular flexibility index (Phi) is 33.3. The van der Waals surface area contributed by atoms with Gasteiger partial charge in [0.25, 0.3) is 0 Å². The van der Waals surface area contributed by atoms with Crippen molar-refractivity contribution in [3.8, 4) is 0 Å². The molecular formula is C9H27N3. The molecular weight excluding hydrogens is 150 g/mol. The maximum atomic E-state index is 4.50. The summed E-state index contributed by atoms with van der Waals surface area (Å²) in [5, 5.41) is 3.09. The molecule has 0 aliphatic carbocycles. The van der Waals surface area contributed by atoms with Gasteiger partial charge in [-0.2, -0.15) is 0 Å². The van der Waals surface area contributed by atoms with Gasteiger partial charge in [-0.15, -0.1) is 0 Å². The van der Waals surface area contributed by atoms with Crippen LogP contribution in [-0.2, 0) is 0 Å². The lowest BCUT2D eigenvalue weighted by Crippen LogP contribution is -2.26. The summed E-state index contributed by atoms with van der Waals surface area (Å²) in [6.45, 7) is 9.54. The highest BCUT2D eigenvalue weighted by Crippen LogP contribution is 1.75. The second-order valence-electron chi connectivity index (χ2n) is 2.00. The Bertz CT molecular complexity index is 49.0. The largest absolute Gasteiger partial charge is 0.333 e. The van der Waals surface area contributed by atoms with Crippen LogP contribution in [0.5, 0.6) is 0 Å². The van der Waals surface area contributed by atoms with Crippen molar-refractivity contribution in [2.24, 2.45) is 5.73 Å². The molecule has 0 aromatic heterocycles. The third-order valence-corrected chi connectivity index (χ3v) is 1.28. The molecule has 3 heteroatoms. The number of hydrogen-bond acceptors (Lipinski definition) is 3. The van der Waals surface area contributed by atoms with Crippen LogP contribution in [0, 0.1) is 0 Å². The van der Waals surface area contributed by atoms with Gasteiger partial charge in [-0.25, -0.2) is 0 Å². The van der Waals surface area contributed by atoms with E-state index in [2.05, 4.69) is 29.9 Å². The minimum Gasteiger partial charge on any atom is -0.333 e. The van der Waals surface area contributed by atoms with Crippen molar-refractivity contribution in [1.82, 2.24) is 10.2 Å². The molecule has 78 valence electrons. The average molecular weight is 177 g/mol. The summed E-state index contributed by atoms with van der Waals surface area (Å²) in [5.74, 6) is 0. The Hall–Kier alpha value is -0.120. The summed E-state index contributed by atoms with van der Waals surface area (Å²) in [6, 6.07) is 0. The van der Waals surface area contributed by atoms with E-state index >= 15 is 0 Å². The van der Waals surface area contributed by atoms with Crippen LogP contribution in [-0.4, -0.2) is 45.7 Å². The molecule has 0 bridgehead atoms. The normalized spacial score (nSPS) is 8.00. The van der Waals surface area contributed by atoms with Crippen molar-refractivity contribution < 1.29 is 0 Å². The number of hydrogen-bond donors (Lipinski definition) is 2. The Morgan fingerprint density at radius 2 is 1.67 bits per heavy atom. The van der Waals surface area contributed by atoms with Crippen molar-refractivity contribution in [3.63, 3.8) is 0 Å². The molecule has 0 saturated carbocycles. The van der Waals surface area contributed by atoms with E-state index in [1.807, 2.05) is 20.9 Å². The number of nitrogens with zero attached hydrogens (tertiary/aromatic N) is 1. The van der Waals surface area contributed by atoms with Crippen molar-refractivity contribution in [3.05, 3.63) is 0 Å². The molecule has 0 radical (unpaired) electrons. The van der Waals surface area contributed by atoms with E-state index in [-0.39, 0.29) is 0 Å². The van der Waals surface area contributed by atoms with Gasteiger partial charge in [-0.05, 0) is 27.7 Å². The number of nitrogens with one attached hydrogen (secondary N) is 1. The lowest BCUT2D eigenvalue weighted by Gasteiger charge is -2.11. The third-order valence-electron chi connectivity index (χ3n) is 1.28. The van der Waals surface area contributed by atoms with Gasteiger partial charge in [0.1, 0.15) is 0 Å². The maximum absolute atomic E-state index is 4.50. The molecule has 0 aliphatic rings. The zero-order valence-corrected chi connectivity index (χ0v) is 9.65. The van der Waals surface area contributed by atoms with Crippen LogP contribution < -0.4 is 11.1 Å². The standard InChI is InChI=1S/C6H16N2.C2H6.CH5N/c1-4-8(3)6-5-7-2;2*1-2/h7H,4-6H2,1-3H3;1-2H3;2H2,1H3. The quantitative estimate of drug-likeness (QED) is 0.666. The highest BCUT2D eigenvalue weighted by molar-refractivity contribution is 4.47. The topological polar surface area (TPSA) is 41.3 Å². The van der Waals surface area contributed by atoms with Crippen molar-refractivity contribution in [2.75, 3.05) is 40.8 Å². The molecule has 0 heterocycles. The summed E-state index contributed by atoms with van der Waals surface area (Å²) in [5.41, 5.74) is 4.50. The molecule has 0 saturated heterocycles. The first-order chi connectivity index (χ1) is 5.81. The Balaban J connectivity index is -0.000000175. The third kappa shape index (κ3) is 22.5. The van der Waals surface area contributed by atoms with Gasteiger partial charge in [-0.1, -0.05) is 20.8 Å². The van der Waals surface area contributed by atoms with Crippen LogP contribution in [0.15, 0.2) is 0 Å². The highest BCUT2D eigenvalue weighted by atomic mass is 15.1. The highest BCUT2D eigenvalue weighted by Gasteiger charge is 1.88. The lowest BCUT2D eigenvalue weighted by molar-refractivity contribution is 0.354. The van der Waals surface area contributed by atoms with Crippen LogP contribution in [0.25, 0.3) is 0 Å². The second kappa shape index (κ2) is 22.4. The fraction of sp³-hybridized carbons (Fsp3) is 1.00. The monoisotopic (exact) mass is 177 g/mol. The first kappa shape index (κ1) is 17.8. The fourth-order valence-electron chi connectivity index (χ4n) is 0.461. The molecule has 0 aromatic carbocycles. The SMILES string of the molecule is CC.CCN(C)CCNC.CN. The molecule has 0 rings (SSSR count). The molecule has 0 aliphatic heterocycles. The predicted molar refractivity (Wildman–Crippen MR) is 58.6 cm³/mol. The minimum absolute atomic E-state index is 1.09. The Labute approximate surface area is 78.3 Å². The molecule has 0 atom stereocenters. The molecule has 0 fully saturated rings. The van der Waals surface area contributed by atoms with E-state index < -0.39 is 0 Å². The average Bonchev–Trinajstić information content (AvgIpc) is 2.20. The van der Waals surface area contributed by atoms with Crippen molar-refractivity contribution in [1.29, 1.82) is 0 Å². The number of likely N-dealkylation sites (N-methyl/N-ethyl adjacent to an activating group) is 2. The molecule has 0 unspecified atom stereocenters. The molecule has 0 spiro atoms. The van der Waals surface area contributed by atoms with E-state index in [4.69, 9.17) is 0 Å². The number of rotatable bonds is 4. The molecule has 0 amide bonds. The number of nitrogens with two attached hydrogens (primary N) is 1. The van der Waals surface area contributed by atoms with Crippen LogP contribution >= 0.6 is 0 Å². The van der Waals surface area contributed by atoms with Gasteiger partial charge in [0.05, 0.1) is 0 Å². The second-order valence-corrected chi connectivity index (χ2v) is 2.00. The van der Waals surface area contributed by atoms with Crippen LogP contribution in [0.2, 0.25) is 0 Å². The zero-order valence-electron chi connectivity index (χ0n) is 9.65. The molecule has 0 aromatic rings. The Morgan fingerprint density at radius 1 is 1.25 bits per heavy atom. The Morgan fingerprint density at radius 3 is 1.92 bits per heavy atom. The summed E-state index contributed by atoms with van der Waals surface area (Å²) in [4.78, 5) is 2.27. The van der Waals surface area contributed by atoms with Crippen molar-refractivity contribution >= 4 is 0 Å². The van der Waals surface area contributed by atoms with Gasteiger partial charge < -0.3 is 16.0 Å². The predicted octanol–water partition coefficient (Wildman–Crippen LogP) is 0.759. The minimum atomic E-state index is 1.09. The van der Waals surface area contributed by atoms with Crippen molar-refractivity contribution in [2.45, 2.75) is 20.8 Å². The molecule has 12 heavy (non-hydrogen) atoms. The van der Waals surface area contributed by atoms with E-state index in [1.54, 1.807) is 0 Å². The summed E-state index contributed by atoms with van der Waals surface area (Å²) >= 11 is 0. The fourth-order valence-corrected chi connectivity index (χ4v) is 0.461.